The maximum atomic E-state index is 15.3. The van der Waals surface area contributed by atoms with E-state index in [0.29, 0.717) is 36.6 Å². The number of benzene rings is 1. The first-order valence-corrected chi connectivity index (χ1v) is 24.4. The number of allylic oxidation sites excluding steroid dienone is 2. The third kappa shape index (κ3) is 9.44. The molecular formula is C49H71N3O11S. The molecule has 3 saturated heterocycles. The number of likely N-dealkylation sites (N-methyl/N-ethyl adjacent to an activating group) is 1. The fourth-order valence-electron chi connectivity index (χ4n) is 12.0. The summed E-state index contributed by atoms with van der Waals surface area (Å²) in [6.07, 6.45) is 4.98. The maximum absolute atomic E-state index is 15.3. The van der Waals surface area contributed by atoms with E-state index >= 15 is 4.79 Å². The molecule has 1 aromatic carbocycles. The number of rotatable bonds is 12. The topological polar surface area (TPSA) is 145 Å². The highest BCUT2D eigenvalue weighted by Crippen LogP contribution is 2.63. The summed E-state index contributed by atoms with van der Waals surface area (Å²) in [4.78, 5) is 38.1. The Hall–Kier alpha value is -2.99. The van der Waals surface area contributed by atoms with Gasteiger partial charge in [-0.3, -0.25) is 9.59 Å². The van der Waals surface area contributed by atoms with Gasteiger partial charge in [0, 0.05) is 55.9 Å². The zero-order chi connectivity index (χ0) is 45.4. The van der Waals surface area contributed by atoms with Crippen molar-refractivity contribution in [1.29, 1.82) is 0 Å². The van der Waals surface area contributed by atoms with E-state index in [1.807, 2.05) is 38.1 Å². The number of nitrogens with one attached hydrogen (secondary N) is 1. The smallest absolute Gasteiger partial charge is 0.306 e. The van der Waals surface area contributed by atoms with Gasteiger partial charge in [-0.25, -0.2) is 4.98 Å². The van der Waals surface area contributed by atoms with E-state index in [0.717, 1.165) is 53.5 Å². The van der Waals surface area contributed by atoms with Crippen LogP contribution in [0.4, 0.5) is 10.8 Å². The van der Waals surface area contributed by atoms with E-state index in [9.17, 15) is 4.79 Å². The van der Waals surface area contributed by atoms with Crippen LogP contribution in [-0.2, 0) is 47.5 Å². The van der Waals surface area contributed by atoms with E-state index in [1.54, 1.807) is 39.8 Å². The molecule has 3 aliphatic heterocycles. The Morgan fingerprint density at radius 3 is 2.34 bits per heavy atom. The SMILES string of the molecule is CC[C@H]1CCC[C@H](O[C@H]2CC[C@H](N(C)C)C(C)O2)[C@@H](C)C(=O)C2=C[C@@H]3C(c4nc(Nc5ccccc5OC)sc4C4C[C@@H](O[C@@H]5OC(C)[C@H](OC)C(OC)C5OC)C[C@H]43)[C@@H]2CC(=O)O1. The molecule has 6 aliphatic rings. The first kappa shape index (κ1) is 47.5. The van der Waals surface area contributed by atoms with Crippen molar-refractivity contribution in [2.24, 2.45) is 23.7 Å². The van der Waals surface area contributed by atoms with Crippen LogP contribution in [0.25, 0.3) is 0 Å². The number of carbonyl (C=O) groups excluding carboxylic acids is 2. The van der Waals surface area contributed by atoms with Gasteiger partial charge in [-0.1, -0.05) is 32.1 Å². The number of ketones is 1. The number of hydrogen-bond donors (Lipinski definition) is 1. The van der Waals surface area contributed by atoms with E-state index in [2.05, 4.69) is 44.2 Å². The number of cyclic esters (lactones) is 1. The Balaban J connectivity index is 1.14. The Labute approximate surface area is 383 Å². The number of anilines is 2. The Kier molecular flexibility index (Phi) is 15.2. The van der Waals surface area contributed by atoms with Crippen LogP contribution in [0.3, 0.4) is 0 Å². The summed E-state index contributed by atoms with van der Waals surface area (Å²) < 4.78 is 56.3. The minimum Gasteiger partial charge on any atom is -0.495 e. The first-order chi connectivity index (χ1) is 30.9. The minimum absolute atomic E-state index is 0.00102. The van der Waals surface area contributed by atoms with Crippen molar-refractivity contribution < 1.29 is 52.2 Å². The van der Waals surface area contributed by atoms with Crippen LogP contribution in [-0.4, -0.2) is 132 Å². The molecule has 354 valence electrons. The van der Waals surface area contributed by atoms with E-state index in [-0.39, 0.29) is 84.6 Å². The van der Waals surface area contributed by atoms with Gasteiger partial charge in [0.15, 0.2) is 23.5 Å². The fourth-order valence-corrected chi connectivity index (χ4v) is 13.2. The molecule has 1 N–H and O–H groups in total. The number of Topliss-reactive ketones (excluding diaryl/α,β-unsaturated/α-hetero) is 1. The normalized spacial score (nSPS) is 39.1. The second-order valence-electron chi connectivity index (χ2n) is 19.1. The zero-order valence-corrected chi connectivity index (χ0v) is 40.2. The number of methoxy groups -OCH3 is 4. The fraction of sp³-hybridized carbons (Fsp3) is 0.735. The van der Waals surface area contributed by atoms with Crippen molar-refractivity contribution in [2.45, 2.75) is 165 Å². The molecule has 4 fully saturated rings. The van der Waals surface area contributed by atoms with Gasteiger partial charge in [-0.2, -0.15) is 0 Å². The molecule has 0 radical (unpaired) electrons. The summed E-state index contributed by atoms with van der Waals surface area (Å²) in [5.41, 5.74) is 2.43. The molecule has 6 unspecified atom stereocenters. The van der Waals surface area contributed by atoms with E-state index in [1.165, 1.54) is 0 Å². The molecule has 1 aromatic heterocycles. The number of para-hydroxylation sites is 2. The molecule has 14 nitrogen and oxygen atoms in total. The van der Waals surface area contributed by atoms with Crippen molar-refractivity contribution in [3.8, 4) is 5.75 Å². The molecule has 3 aliphatic carbocycles. The van der Waals surface area contributed by atoms with E-state index < -0.39 is 30.5 Å². The summed E-state index contributed by atoms with van der Waals surface area (Å²) in [5.74, 6) is -0.499. The number of ether oxygens (including phenoxy) is 9. The van der Waals surface area contributed by atoms with E-state index in [4.69, 9.17) is 47.6 Å². The number of hydrogen-bond acceptors (Lipinski definition) is 15. The highest BCUT2D eigenvalue weighted by Gasteiger charge is 2.57. The quantitative estimate of drug-likeness (QED) is 0.207. The molecule has 17 atom stereocenters. The summed E-state index contributed by atoms with van der Waals surface area (Å²) in [5, 5.41) is 4.29. The third-order valence-electron chi connectivity index (χ3n) is 15.2. The van der Waals surface area contributed by atoms with Gasteiger partial charge in [-0.05, 0) is 109 Å². The molecule has 0 bridgehead atoms. The average molecular weight is 910 g/mol. The second-order valence-corrected chi connectivity index (χ2v) is 20.1. The van der Waals surface area contributed by atoms with Gasteiger partial charge in [-0.15, -0.1) is 11.3 Å². The summed E-state index contributed by atoms with van der Waals surface area (Å²) >= 11 is 1.64. The summed E-state index contributed by atoms with van der Waals surface area (Å²) in [6, 6.07) is 8.10. The molecule has 64 heavy (non-hydrogen) atoms. The van der Waals surface area contributed by atoms with Crippen LogP contribution >= 0.6 is 11.3 Å². The van der Waals surface area contributed by atoms with Crippen molar-refractivity contribution >= 4 is 33.9 Å². The van der Waals surface area contributed by atoms with Gasteiger partial charge >= 0.3 is 5.97 Å². The second kappa shape index (κ2) is 20.5. The maximum Gasteiger partial charge on any atom is 0.306 e. The van der Waals surface area contributed by atoms with Crippen LogP contribution in [0.15, 0.2) is 35.9 Å². The molecule has 8 rings (SSSR count). The number of aromatic nitrogens is 1. The molecule has 2 aromatic rings. The number of esters is 1. The zero-order valence-electron chi connectivity index (χ0n) is 39.4. The lowest BCUT2D eigenvalue weighted by molar-refractivity contribution is -0.314. The van der Waals surface area contributed by atoms with Gasteiger partial charge in [0.05, 0.1) is 49.3 Å². The standard InChI is InChI=1S/C49H71N3O11S/c1-11-28-15-14-18-37(63-40-20-19-36(52(5)6)26(3)59-40)25(2)43(54)33-23-31-30-21-29(62-48-46(58-10)45(57-9)44(56-8)27(4)60-48)22-34(30)47-42(41(31)32(33)24-39(53)61-28)51-49(64-47)50-35-16-12-13-17-38(35)55-7/h12-13,16-17,23,25-32,34,36-37,40-41,44-46,48H,11,14-15,18-22,24H2,1-10H3,(H,50,51)/t25-,26?,27?,28+,29+,30+,31+,32-,34?,36+,37+,40+,41?,44+,45?,46?,48+/m1/s1. The molecule has 0 amide bonds. The van der Waals surface area contributed by atoms with Crippen molar-refractivity contribution in [3.05, 3.63) is 46.5 Å². The van der Waals surface area contributed by atoms with Gasteiger partial charge in [0.25, 0.3) is 0 Å². The highest BCUT2D eigenvalue weighted by molar-refractivity contribution is 7.15. The van der Waals surface area contributed by atoms with Crippen LogP contribution in [0.5, 0.6) is 5.75 Å². The van der Waals surface area contributed by atoms with Gasteiger partial charge in [0.2, 0.25) is 0 Å². The summed E-state index contributed by atoms with van der Waals surface area (Å²) in [7, 11) is 10.8. The Morgan fingerprint density at radius 1 is 0.875 bits per heavy atom. The van der Waals surface area contributed by atoms with Gasteiger partial charge in [0.1, 0.15) is 30.2 Å². The summed E-state index contributed by atoms with van der Waals surface area (Å²) in [6.45, 7) is 8.15. The molecular weight excluding hydrogens is 839 g/mol. The lowest BCUT2D eigenvalue weighted by Crippen LogP contribution is -2.59. The number of nitrogens with zero attached hydrogens (tertiary/aromatic N) is 2. The largest absolute Gasteiger partial charge is 0.495 e. The van der Waals surface area contributed by atoms with Gasteiger partial charge < -0.3 is 52.8 Å². The molecule has 1 saturated carbocycles. The molecule has 0 spiro atoms. The molecule has 4 heterocycles. The Bertz CT molecular complexity index is 1960. The monoisotopic (exact) mass is 909 g/mol. The highest BCUT2D eigenvalue weighted by atomic mass is 32.1. The first-order valence-electron chi connectivity index (χ1n) is 23.6. The number of fused-ring (bicyclic) bond motifs is 8. The minimum atomic E-state index is -0.677. The van der Waals surface area contributed by atoms with Crippen LogP contribution in [0.2, 0.25) is 0 Å². The Morgan fingerprint density at radius 2 is 1.64 bits per heavy atom. The lowest BCUT2D eigenvalue weighted by atomic mass is 9.67. The van der Waals surface area contributed by atoms with Crippen molar-refractivity contribution in [2.75, 3.05) is 47.9 Å². The number of carbonyl (C=O) groups is 2. The van der Waals surface area contributed by atoms with Crippen molar-refractivity contribution in [3.63, 3.8) is 0 Å². The van der Waals surface area contributed by atoms with Crippen molar-refractivity contribution in [1.82, 2.24) is 9.88 Å². The van der Waals surface area contributed by atoms with Crippen LogP contribution in [0.1, 0.15) is 108 Å². The van der Waals surface area contributed by atoms with Crippen LogP contribution in [0, 0.1) is 23.7 Å². The number of thiazole rings is 1. The predicted molar refractivity (Wildman–Crippen MR) is 242 cm³/mol. The predicted octanol–water partition coefficient (Wildman–Crippen LogP) is 7.77. The molecule has 15 heteroatoms. The average Bonchev–Trinajstić information content (AvgIpc) is 4.00. The third-order valence-corrected chi connectivity index (χ3v) is 16.4. The lowest BCUT2D eigenvalue weighted by Gasteiger charge is -2.44. The van der Waals surface area contributed by atoms with Crippen LogP contribution < -0.4 is 10.1 Å².